The number of carbonyl (C=O) groups is 2. The van der Waals surface area contributed by atoms with E-state index in [4.69, 9.17) is 5.73 Å². The molecule has 0 aromatic heterocycles. The summed E-state index contributed by atoms with van der Waals surface area (Å²) in [5.41, 5.74) is 6.84. The SMILES string of the molecule is CCC(C)C(N)C(=O)NCCC(=O)N1CCN(c2ccc(F)cc2)CC1. The Bertz CT molecular complexity index is 600. The van der Waals surface area contributed by atoms with Crippen molar-refractivity contribution >= 4 is 17.5 Å². The van der Waals surface area contributed by atoms with E-state index in [-0.39, 0.29) is 30.0 Å². The van der Waals surface area contributed by atoms with Gasteiger partial charge in [0.2, 0.25) is 11.8 Å². The summed E-state index contributed by atoms with van der Waals surface area (Å²) in [4.78, 5) is 28.2. The number of nitrogens with zero attached hydrogens (tertiary/aromatic N) is 2. The smallest absolute Gasteiger partial charge is 0.237 e. The Balaban J connectivity index is 1.71. The van der Waals surface area contributed by atoms with Crippen molar-refractivity contribution in [3.63, 3.8) is 0 Å². The van der Waals surface area contributed by atoms with E-state index in [0.717, 1.165) is 12.1 Å². The number of benzene rings is 1. The minimum absolute atomic E-state index is 0.0289. The van der Waals surface area contributed by atoms with E-state index in [2.05, 4.69) is 10.2 Å². The number of nitrogens with one attached hydrogen (secondary N) is 1. The number of anilines is 1. The maximum absolute atomic E-state index is 13.0. The Labute approximate surface area is 154 Å². The molecule has 1 saturated heterocycles. The minimum atomic E-state index is -0.533. The van der Waals surface area contributed by atoms with Gasteiger partial charge in [0.15, 0.2) is 0 Å². The van der Waals surface area contributed by atoms with Crippen LogP contribution in [-0.2, 0) is 9.59 Å². The van der Waals surface area contributed by atoms with Gasteiger partial charge in [-0.25, -0.2) is 4.39 Å². The van der Waals surface area contributed by atoms with Gasteiger partial charge in [-0.3, -0.25) is 9.59 Å². The Morgan fingerprint density at radius 3 is 2.38 bits per heavy atom. The first-order chi connectivity index (χ1) is 12.4. The summed E-state index contributed by atoms with van der Waals surface area (Å²) in [7, 11) is 0. The lowest BCUT2D eigenvalue weighted by atomic mass is 9.99. The molecule has 6 nitrogen and oxygen atoms in total. The van der Waals surface area contributed by atoms with Crippen molar-refractivity contribution in [1.82, 2.24) is 10.2 Å². The summed E-state index contributed by atoms with van der Waals surface area (Å²) in [6, 6.07) is 5.86. The molecule has 0 radical (unpaired) electrons. The van der Waals surface area contributed by atoms with Crippen molar-refractivity contribution in [2.75, 3.05) is 37.6 Å². The van der Waals surface area contributed by atoms with E-state index in [1.165, 1.54) is 12.1 Å². The number of nitrogens with two attached hydrogens (primary N) is 1. The summed E-state index contributed by atoms with van der Waals surface area (Å²) in [6.07, 6.45) is 1.11. The van der Waals surface area contributed by atoms with E-state index in [1.54, 1.807) is 17.0 Å². The molecule has 2 unspecified atom stereocenters. The molecule has 144 valence electrons. The molecule has 26 heavy (non-hydrogen) atoms. The lowest BCUT2D eigenvalue weighted by molar-refractivity contribution is -0.131. The zero-order chi connectivity index (χ0) is 19.1. The average molecular weight is 364 g/mol. The number of halogens is 1. The molecular weight excluding hydrogens is 335 g/mol. The Morgan fingerprint density at radius 1 is 1.19 bits per heavy atom. The van der Waals surface area contributed by atoms with Crippen molar-refractivity contribution in [2.45, 2.75) is 32.7 Å². The van der Waals surface area contributed by atoms with Crippen LogP contribution in [0.25, 0.3) is 0 Å². The largest absolute Gasteiger partial charge is 0.368 e. The Kier molecular flexibility index (Phi) is 7.38. The predicted octanol–water partition coefficient (Wildman–Crippen LogP) is 1.35. The molecule has 0 spiro atoms. The second-order valence-corrected chi connectivity index (χ2v) is 6.80. The van der Waals surface area contributed by atoms with Gasteiger partial charge in [-0.2, -0.15) is 0 Å². The van der Waals surface area contributed by atoms with Crippen LogP contribution in [0.1, 0.15) is 26.7 Å². The van der Waals surface area contributed by atoms with Crippen LogP contribution < -0.4 is 16.0 Å². The maximum Gasteiger partial charge on any atom is 0.237 e. The highest BCUT2D eigenvalue weighted by Crippen LogP contribution is 2.17. The molecule has 2 amide bonds. The average Bonchev–Trinajstić information content (AvgIpc) is 2.67. The van der Waals surface area contributed by atoms with Crippen LogP contribution in [0, 0.1) is 11.7 Å². The molecule has 2 atom stereocenters. The molecule has 0 aliphatic carbocycles. The molecule has 1 fully saturated rings. The number of rotatable bonds is 7. The fourth-order valence-electron chi connectivity index (χ4n) is 2.95. The number of amides is 2. The maximum atomic E-state index is 13.0. The van der Waals surface area contributed by atoms with Gasteiger partial charge in [-0.1, -0.05) is 20.3 Å². The third kappa shape index (κ3) is 5.42. The topological polar surface area (TPSA) is 78.7 Å². The lowest BCUT2D eigenvalue weighted by Crippen LogP contribution is -2.50. The van der Waals surface area contributed by atoms with Gasteiger partial charge in [0, 0.05) is 44.8 Å². The highest BCUT2D eigenvalue weighted by molar-refractivity contribution is 5.83. The first-order valence-electron chi connectivity index (χ1n) is 9.24. The summed E-state index contributed by atoms with van der Waals surface area (Å²) in [5.74, 6) is -0.308. The zero-order valence-electron chi connectivity index (χ0n) is 15.6. The van der Waals surface area contributed by atoms with Crippen molar-refractivity contribution in [2.24, 2.45) is 11.7 Å². The Hall–Kier alpha value is -2.15. The molecule has 0 saturated carbocycles. The second-order valence-electron chi connectivity index (χ2n) is 6.80. The standard InChI is InChI=1S/C19H29FN4O2/c1-3-14(2)18(21)19(26)22-9-8-17(25)24-12-10-23(11-13-24)16-6-4-15(20)5-7-16/h4-7,14,18H,3,8-13,21H2,1-2H3,(H,22,26). The van der Waals surface area contributed by atoms with Crippen LogP contribution >= 0.6 is 0 Å². The van der Waals surface area contributed by atoms with E-state index in [9.17, 15) is 14.0 Å². The van der Waals surface area contributed by atoms with Gasteiger partial charge in [0.05, 0.1) is 6.04 Å². The van der Waals surface area contributed by atoms with E-state index in [1.807, 2.05) is 13.8 Å². The molecule has 7 heteroatoms. The quantitative estimate of drug-likeness (QED) is 0.766. The number of hydrogen-bond acceptors (Lipinski definition) is 4. The van der Waals surface area contributed by atoms with Crippen LogP contribution in [0.5, 0.6) is 0 Å². The summed E-state index contributed by atoms with van der Waals surface area (Å²) in [6.45, 7) is 6.90. The molecule has 3 N–H and O–H groups in total. The van der Waals surface area contributed by atoms with Crippen molar-refractivity contribution in [1.29, 1.82) is 0 Å². The molecule has 1 aliphatic heterocycles. The highest BCUT2D eigenvalue weighted by atomic mass is 19.1. The first-order valence-corrected chi connectivity index (χ1v) is 9.24. The molecule has 1 aliphatic rings. The fraction of sp³-hybridized carbons (Fsp3) is 0.579. The van der Waals surface area contributed by atoms with Crippen LogP contribution in [0.4, 0.5) is 10.1 Å². The highest BCUT2D eigenvalue weighted by Gasteiger charge is 2.22. The van der Waals surface area contributed by atoms with Crippen LogP contribution in [0.15, 0.2) is 24.3 Å². The van der Waals surface area contributed by atoms with Gasteiger partial charge >= 0.3 is 0 Å². The van der Waals surface area contributed by atoms with E-state index < -0.39 is 6.04 Å². The van der Waals surface area contributed by atoms with Crippen LogP contribution in [0.2, 0.25) is 0 Å². The van der Waals surface area contributed by atoms with E-state index >= 15 is 0 Å². The molecule has 1 aromatic carbocycles. The van der Waals surface area contributed by atoms with E-state index in [0.29, 0.717) is 32.7 Å². The van der Waals surface area contributed by atoms with Crippen molar-refractivity contribution < 1.29 is 14.0 Å². The van der Waals surface area contributed by atoms with Crippen LogP contribution in [-0.4, -0.2) is 55.5 Å². The monoisotopic (exact) mass is 364 g/mol. The van der Waals surface area contributed by atoms with Gasteiger partial charge in [-0.15, -0.1) is 0 Å². The lowest BCUT2D eigenvalue weighted by Gasteiger charge is -2.36. The third-order valence-corrected chi connectivity index (χ3v) is 5.02. The molecule has 2 rings (SSSR count). The summed E-state index contributed by atoms with van der Waals surface area (Å²) >= 11 is 0. The van der Waals surface area contributed by atoms with Gasteiger partial charge < -0.3 is 20.9 Å². The van der Waals surface area contributed by atoms with Crippen LogP contribution in [0.3, 0.4) is 0 Å². The van der Waals surface area contributed by atoms with Gasteiger partial charge in [0.25, 0.3) is 0 Å². The summed E-state index contributed by atoms with van der Waals surface area (Å²) < 4.78 is 13.0. The normalized spacial score (nSPS) is 16.9. The number of hydrogen-bond donors (Lipinski definition) is 2. The molecule has 0 bridgehead atoms. The summed E-state index contributed by atoms with van der Waals surface area (Å²) in [5, 5.41) is 2.75. The molecular formula is C19H29FN4O2. The second kappa shape index (κ2) is 9.52. The molecule has 1 heterocycles. The van der Waals surface area contributed by atoms with Crippen molar-refractivity contribution in [3.8, 4) is 0 Å². The van der Waals surface area contributed by atoms with Gasteiger partial charge in [-0.05, 0) is 30.2 Å². The first kappa shape index (κ1) is 20.2. The Morgan fingerprint density at radius 2 is 1.81 bits per heavy atom. The fourth-order valence-corrected chi connectivity index (χ4v) is 2.95. The number of carbonyl (C=O) groups excluding carboxylic acids is 2. The number of piperazine rings is 1. The zero-order valence-corrected chi connectivity index (χ0v) is 15.6. The third-order valence-electron chi connectivity index (χ3n) is 5.02. The molecule has 1 aromatic rings. The minimum Gasteiger partial charge on any atom is -0.368 e. The van der Waals surface area contributed by atoms with Gasteiger partial charge in [0.1, 0.15) is 5.82 Å². The van der Waals surface area contributed by atoms with Crippen molar-refractivity contribution in [3.05, 3.63) is 30.1 Å². The predicted molar refractivity (Wildman–Crippen MR) is 100 cm³/mol.